The number of rotatable bonds is 3. The predicted molar refractivity (Wildman–Crippen MR) is 98.6 cm³/mol. The maximum Gasteiger partial charge on any atom is 0.227 e. The van der Waals surface area contributed by atoms with E-state index in [4.69, 9.17) is 4.74 Å². The van der Waals surface area contributed by atoms with Gasteiger partial charge in [0.25, 0.3) is 0 Å². The quantitative estimate of drug-likeness (QED) is 0.842. The lowest BCUT2D eigenvalue weighted by atomic mass is 10.0. The van der Waals surface area contributed by atoms with Crippen LogP contribution in [-0.2, 0) is 21.1 Å². The number of hydrogen-bond acceptors (Lipinski definition) is 4. The van der Waals surface area contributed by atoms with Crippen molar-refractivity contribution in [2.75, 3.05) is 26.0 Å². The number of methoxy groups -OCH3 is 1. The molecule has 0 unspecified atom stereocenters. The van der Waals surface area contributed by atoms with Crippen LogP contribution in [0.5, 0.6) is 5.75 Å². The fraction of sp³-hybridized carbons (Fsp3) is 0.421. The summed E-state index contributed by atoms with van der Waals surface area (Å²) in [6.07, 6.45) is 0.251. The summed E-state index contributed by atoms with van der Waals surface area (Å²) >= 11 is 0. The molecule has 0 radical (unpaired) electrons. The SMILES string of the molecule is COc1ccc2cccc(CC(=O)N3CCS(=O)(=O)C(C)(C)C3)c2c1. The number of benzene rings is 2. The van der Waals surface area contributed by atoms with Crippen LogP contribution in [0, 0.1) is 0 Å². The van der Waals surface area contributed by atoms with E-state index < -0.39 is 14.6 Å². The van der Waals surface area contributed by atoms with Crippen LogP contribution in [0.1, 0.15) is 19.4 Å². The third kappa shape index (κ3) is 3.35. The highest BCUT2D eigenvalue weighted by Crippen LogP contribution is 2.27. The van der Waals surface area contributed by atoms with Gasteiger partial charge in [0, 0.05) is 13.1 Å². The van der Waals surface area contributed by atoms with E-state index in [1.807, 2.05) is 36.4 Å². The highest BCUT2D eigenvalue weighted by atomic mass is 32.2. The summed E-state index contributed by atoms with van der Waals surface area (Å²) in [5.41, 5.74) is 0.924. The third-order valence-corrected chi connectivity index (χ3v) is 7.45. The zero-order valence-electron chi connectivity index (χ0n) is 14.8. The molecule has 3 rings (SSSR count). The van der Waals surface area contributed by atoms with E-state index in [2.05, 4.69) is 0 Å². The van der Waals surface area contributed by atoms with Crippen molar-refractivity contribution in [3.05, 3.63) is 42.0 Å². The van der Waals surface area contributed by atoms with Crippen LogP contribution in [0.15, 0.2) is 36.4 Å². The molecule has 1 aliphatic heterocycles. The molecule has 0 aromatic heterocycles. The first-order valence-corrected chi connectivity index (χ1v) is 9.94. The van der Waals surface area contributed by atoms with Gasteiger partial charge < -0.3 is 9.64 Å². The van der Waals surface area contributed by atoms with Crippen molar-refractivity contribution < 1.29 is 17.9 Å². The topological polar surface area (TPSA) is 63.7 Å². The van der Waals surface area contributed by atoms with Crippen LogP contribution in [0.25, 0.3) is 10.8 Å². The number of carbonyl (C=O) groups excluding carboxylic acids is 1. The van der Waals surface area contributed by atoms with Crippen molar-refractivity contribution in [3.63, 3.8) is 0 Å². The van der Waals surface area contributed by atoms with E-state index in [1.54, 1.807) is 25.9 Å². The lowest BCUT2D eigenvalue weighted by molar-refractivity contribution is -0.130. The summed E-state index contributed by atoms with van der Waals surface area (Å²) in [7, 11) is -1.54. The van der Waals surface area contributed by atoms with E-state index in [9.17, 15) is 13.2 Å². The zero-order valence-corrected chi connectivity index (χ0v) is 15.6. The third-order valence-electron chi connectivity index (χ3n) is 4.92. The Hall–Kier alpha value is -2.08. The summed E-state index contributed by atoms with van der Waals surface area (Å²) in [6.45, 7) is 3.87. The Morgan fingerprint density at radius 2 is 2.00 bits per heavy atom. The molecule has 0 saturated carbocycles. The molecule has 134 valence electrons. The van der Waals surface area contributed by atoms with Gasteiger partial charge in [0.05, 0.1) is 24.0 Å². The van der Waals surface area contributed by atoms with Crippen molar-refractivity contribution in [3.8, 4) is 5.75 Å². The standard InChI is InChI=1S/C19H23NO4S/c1-19(2)13-20(9-10-25(19,22)23)18(21)11-15-6-4-5-14-7-8-16(24-3)12-17(14)15/h4-8,12H,9-11,13H2,1-3H3. The average Bonchev–Trinajstić information content (AvgIpc) is 2.57. The molecule has 1 fully saturated rings. The molecule has 1 saturated heterocycles. The van der Waals surface area contributed by atoms with E-state index in [-0.39, 0.29) is 31.2 Å². The summed E-state index contributed by atoms with van der Waals surface area (Å²) in [6, 6.07) is 11.7. The molecule has 0 N–H and O–H groups in total. The van der Waals surface area contributed by atoms with Crippen LogP contribution < -0.4 is 4.74 Å². The molecule has 5 nitrogen and oxygen atoms in total. The van der Waals surface area contributed by atoms with Gasteiger partial charge in [-0.3, -0.25) is 4.79 Å². The van der Waals surface area contributed by atoms with Crippen LogP contribution in [0.3, 0.4) is 0 Å². The molecular formula is C19H23NO4S. The van der Waals surface area contributed by atoms with Crippen molar-refractivity contribution in [2.24, 2.45) is 0 Å². The van der Waals surface area contributed by atoms with Crippen molar-refractivity contribution in [2.45, 2.75) is 25.0 Å². The summed E-state index contributed by atoms with van der Waals surface area (Å²) in [4.78, 5) is 14.4. The van der Waals surface area contributed by atoms with Gasteiger partial charge in [-0.25, -0.2) is 8.42 Å². The summed E-state index contributed by atoms with van der Waals surface area (Å²) in [5.74, 6) is 0.727. The average molecular weight is 361 g/mol. The molecule has 2 aromatic rings. The predicted octanol–water partition coefficient (Wildman–Crippen LogP) is 2.43. The van der Waals surface area contributed by atoms with Crippen molar-refractivity contribution in [1.29, 1.82) is 0 Å². The van der Waals surface area contributed by atoms with Crippen molar-refractivity contribution >= 4 is 26.5 Å². The van der Waals surface area contributed by atoms with Crippen LogP contribution in [0.4, 0.5) is 0 Å². The van der Waals surface area contributed by atoms with Crippen LogP contribution in [0.2, 0.25) is 0 Å². The Morgan fingerprint density at radius 1 is 1.24 bits per heavy atom. The van der Waals surface area contributed by atoms with Gasteiger partial charge >= 0.3 is 0 Å². The molecule has 1 aliphatic rings. The van der Waals surface area contributed by atoms with Gasteiger partial charge in [0.2, 0.25) is 5.91 Å². The summed E-state index contributed by atoms with van der Waals surface area (Å²) < 4.78 is 28.6. The molecule has 2 aromatic carbocycles. The number of ether oxygens (including phenoxy) is 1. The van der Waals surface area contributed by atoms with Crippen molar-refractivity contribution in [1.82, 2.24) is 4.90 Å². The molecule has 0 aliphatic carbocycles. The number of carbonyl (C=O) groups is 1. The molecular weight excluding hydrogens is 338 g/mol. The highest BCUT2D eigenvalue weighted by molar-refractivity contribution is 7.92. The minimum Gasteiger partial charge on any atom is -0.497 e. The Bertz CT molecular complexity index is 918. The Balaban J connectivity index is 1.85. The number of fused-ring (bicyclic) bond motifs is 1. The molecule has 25 heavy (non-hydrogen) atoms. The van der Waals surface area contributed by atoms with Crippen LogP contribution in [-0.4, -0.2) is 49.9 Å². The lowest BCUT2D eigenvalue weighted by Crippen LogP contribution is -2.54. The largest absolute Gasteiger partial charge is 0.497 e. The zero-order chi connectivity index (χ0) is 18.2. The number of hydrogen-bond donors (Lipinski definition) is 0. The maximum absolute atomic E-state index is 12.8. The van der Waals surface area contributed by atoms with Gasteiger partial charge in [-0.2, -0.15) is 0 Å². The van der Waals surface area contributed by atoms with Gasteiger partial charge in [-0.15, -0.1) is 0 Å². The normalized spacial score (nSPS) is 18.9. The highest BCUT2D eigenvalue weighted by Gasteiger charge is 2.41. The minimum absolute atomic E-state index is 0.0229. The minimum atomic E-state index is -3.15. The van der Waals surface area contributed by atoms with Crippen LogP contribution >= 0.6 is 0 Å². The first-order chi connectivity index (χ1) is 11.7. The Morgan fingerprint density at radius 3 is 2.68 bits per heavy atom. The second-order valence-electron chi connectivity index (χ2n) is 7.07. The van der Waals surface area contributed by atoms with E-state index in [1.165, 1.54) is 0 Å². The van der Waals surface area contributed by atoms with Gasteiger partial charge in [0.1, 0.15) is 5.75 Å². The number of amides is 1. The van der Waals surface area contributed by atoms with E-state index >= 15 is 0 Å². The summed E-state index contributed by atoms with van der Waals surface area (Å²) in [5, 5.41) is 2.03. The first-order valence-electron chi connectivity index (χ1n) is 8.29. The van der Waals surface area contributed by atoms with Gasteiger partial charge in [-0.1, -0.05) is 24.3 Å². The molecule has 0 spiro atoms. The van der Waals surface area contributed by atoms with E-state index in [0.717, 1.165) is 22.1 Å². The molecule has 6 heteroatoms. The first kappa shape index (κ1) is 17.7. The smallest absolute Gasteiger partial charge is 0.227 e. The second kappa shape index (κ2) is 6.33. The molecule has 1 amide bonds. The fourth-order valence-electron chi connectivity index (χ4n) is 3.23. The van der Waals surface area contributed by atoms with Gasteiger partial charge in [0.15, 0.2) is 9.84 Å². The lowest BCUT2D eigenvalue weighted by Gasteiger charge is -2.37. The Labute approximate surface area is 148 Å². The number of sulfone groups is 1. The molecule has 0 bridgehead atoms. The number of nitrogens with zero attached hydrogens (tertiary/aromatic N) is 1. The Kier molecular flexibility index (Phi) is 4.49. The molecule has 1 heterocycles. The maximum atomic E-state index is 12.8. The fourth-order valence-corrected chi connectivity index (χ4v) is 4.59. The van der Waals surface area contributed by atoms with E-state index in [0.29, 0.717) is 0 Å². The molecule has 0 atom stereocenters. The monoisotopic (exact) mass is 361 g/mol. The second-order valence-corrected chi connectivity index (χ2v) is 9.82. The van der Waals surface area contributed by atoms with Gasteiger partial charge in [-0.05, 0) is 42.3 Å².